The highest BCUT2D eigenvalue weighted by Crippen LogP contribution is 2.26. The molecule has 1 aliphatic heterocycles. The second-order valence-electron chi connectivity index (χ2n) is 10.7. The van der Waals surface area contributed by atoms with E-state index in [0.29, 0.717) is 32.8 Å². The minimum Gasteiger partial charge on any atom is -0.389 e. The van der Waals surface area contributed by atoms with Crippen LogP contribution in [0.15, 0.2) is 0 Å². The summed E-state index contributed by atoms with van der Waals surface area (Å²) in [4.78, 5) is 0. The van der Waals surface area contributed by atoms with E-state index in [1.54, 1.807) is 0 Å². The third kappa shape index (κ3) is 16.0. The minimum atomic E-state index is -0.717. The van der Waals surface area contributed by atoms with E-state index >= 15 is 0 Å². The zero-order valence-corrected chi connectivity index (χ0v) is 24.6. The van der Waals surface area contributed by atoms with Crippen LogP contribution in [0.2, 0.25) is 0 Å². The first-order valence-corrected chi connectivity index (χ1v) is 15.6. The molecule has 0 spiro atoms. The molecule has 0 aromatic carbocycles. The van der Waals surface area contributed by atoms with Gasteiger partial charge < -0.3 is 46.6 Å². The van der Waals surface area contributed by atoms with Gasteiger partial charge in [0.2, 0.25) is 0 Å². The van der Waals surface area contributed by atoms with Crippen molar-refractivity contribution < 1.29 is 24.1 Å². The Labute approximate surface area is 233 Å². The van der Waals surface area contributed by atoms with Gasteiger partial charge in [0.05, 0.1) is 18.8 Å². The van der Waals surface area contributed by atoms with Crippen LogP contribution in [-0.4, -0.2) is 87.9 Å². The van der Waals surface area contributed by atoms with Gasteiger partial charge in [0.1, 0.15) is 18.3 Å². The lowest BCUT2D eigenvalue weighted by Crippen LogP contribution is -2.65. The standard InChI is InChI=1S/C29H62N4O5/c1-3-5-7-9-11-13-15-19-35-27-25(21-31)38-29(37-23-24(34)22-33-18-17-30)26(32)28(27)36-20-16-14-12-10-8-6-4-2/h24-29,33-34H,3-23,30-32H2,1-2H3/t24?,25-,26-,27-,28-,29+/m1/s1. The number of nitrogens with two attached hydrogens (primary N) is 3. The van der Waals surface area contributed by atoms with E-state index in [9.17, 15) is 5.11 Å². The molecule has 9 nitrogen and oxygen atoms in total. The third-order valence-electron chi connectivity index (χ3n) is 7.20. The predicted octanol–water partition coefficient (Wildman–Crippen LogP) is 3.19. The summed E-state index contributed by atoms with van der Waals surface area (Å²) in [6.45, 7) is 7.66. The highest BCUT2D eigenvalue weighted by molar-refractivity contribution is 4.94. The molecule has 6 atom stereocenters. The Balaban J connectivity index is 2.61. The first-order chi connectivity index (χ1) is 18.6. The molecule has 0 aliphatic carbocycles. The highest BCUT2D eigenvalue weighted by Gasteiger charge is 2.46. The summed E-state index contributed by atoms with van der Waals surface area (Å²) in [6.07, 6.45) is 14.6. The SMILES string of the molecule is CCCCCCCCCO[C@@H]1[C@@H](N)[C@@H](OCC(O)CNCCN)O[C@H](CN)[C@H]1OCCCCCCCCC. The Kier molecular flexibility index (Phi) is 22.9. The molecule has 1 saturated heterocycles. The van der Waals surface area contributed by atoms with Gasteiger partial charge in [0, 0.05) is 39.4 Å². The molecule has 0 aromatic rings. The maximum Gasteiger partial charge on any atom is 0.175 e. The predicted molar refractivity (Wildman–Crippen MR) is 155 cm³/mol. The summed E-state index contributed by atoms with van der Waals surface area (Å²) in [6, 6.07) is -0.536. The van der Waals surface area contributed by atoms with Crippen molar-refractivity contribution in [3.05, 3.63) is 0 Å². The summed E-state index contributed by atoms with van der Waals surface area (Å²) in [5, 5.41) is 13.3. The van der Waals surface area contributed by atoms with Crippen LogP contribution >= 0.6 is 0 Å². The van der Waals surface area contributed by atoms with Crippen LogP contribution in [0.25, 0.3) is 0 Å². The zero-order valence-electron chi connectivity index (χ0n) is 24.6. The lowest BCUT2D eigenvalue weighted by Gasteiger charge is -2.44. The minimum absolute atomic E-state index is 0.0985. The summed E-state index contributed by atoms with van der Waals surface area (Å²) in [5.74, 6) is 0. The molecule has 228 valence electrons. The smallest absolute Gasteiger partial charge is 0.175 e. The van der Waals surface area contributed by atoms with Gasteiger partial charge in [-0.25, -0.2) is 0 Å². The van der Waals surface area contributed by atoms with Gasteiger partial charge in [-0.2, -0.15) is 0 Å². The fraction of sp³-hybridized carbons (Fsp3) is 1.00. The number of rotatable bonds is 26. The lowest BCUT2D eigenvalue weighted by molar-refractivity contribution is -0.276. The van der Waals surface area contributed by atoms with Crippen LogP contribution < -0.4 is 22.5 Å². The molecule has 0 saturated carbocycles. The van der Waals surface area contributed by atoms with Gasteiger partial charge in [-0.15, -0.1) is 0 Å². The van der Waals surface area contributed by atoms with Crippen molar-refractivity contribution >= 4 is 0 Å². The number of aliphatic hydroxyl groups excluding tert-OH is 1. The molecule has 8 N–H and O–H groups in total. The maximum absolute atomic E-state index is 10.2. The largest absolute Gasteiger partial charge is 0.389 e. The number of aliphatic hydroxyl groups is 1. The fourth-order valence-electron chi connectivity index (χ4n) is 4.87. The molecule has 0 radical (unpaired) electrons. The van der Waals surface area contributed by atoms with Crippen LogP contribution in [0.4, 0.5) is 0 Å². The van der Waals surface area contributed by atoms with Crippen LogP contribution in [0, 0.1) is 0 Å². The Hall–Kier alpha value is -0.360. The molecule has 1 fully saturated rings. The van der Waals surface area contributed by atoms with Gasteiger partial charge in [0.15, 0.2) is 6.29 Å². The Morgan fingerprint density at radius 1 is 0.763 bits per heavy atom. The molecule has 38 heavy (non-hydrogen) atoms. The average Bonchev–Trinajstić information content (AvgIpc) is 2.92. The van der Waals surface area contributed by atoms with Gasteiger partial charge in [-0.1, -0.05) is 90.9 Å². The van der Waals surface area contributed by atoms with Crippen LogP contribution in [0.3, 0.4) is 0 Å². The van der Waals surface area contributed by atoms with Gasteiger partial charge >= 0.3 is 0 Å². The maximum atomic E-state index is 10.2. The molecule has 0 bridgehead atoms. The quantitative estimate of drug-likeness (QED) is 0.103. The number of unbranched alkanes of at least 4 members (excludes halogenated alkanes) is 12. The summed E-state index contributed by atoms with van der Waals surface area (Å²) in [7, 11) is 0. The summed E-state index contributed by atoms with van der Waals surface area (Å²) in [5.41, 5.74) is 18.2. The Bertz CT molecular complexity index is 519. The van der Waals surface area contributed by atoms with E-state index in [2.05, 4.69) is 19.2 Å². The average molecular weight is 547 g/mol. The number of ether oxygens (including phenoxy) is 4. The van der Waals surface area contributed by atoms with Crippen LogP contribution in [0.1, 0.15) is 104 Å². The van der Waals surface area contributed by atoms with Crippen molar-refractivity contribution in [2.75, 3.05) is 46.0 Å². The molecule has 9 heteroatoms. The molecule has 1 unspecified atom stereocenters. The molecular formula is C29H62N4O5. The monoisotopic (exact) mass is 546 g/mol. The van der Waals surface area contributed by atoms with Crippen molar-refractivity contribution in [1.82, 2.24) is 5.32 Å². The zero-order chi connectivity index (χ0) is 27.8. The lowest BCUT2D eigenvalue weighted by atomic mass is 9.96. The summed E-state index contributed by atoms with van der Waals surface area (Å²) < 4.78 is 24.7. The van der Waals surface area contributed by atoms with Crippen molar-refractivity contribution in [2.45, 2.75) is 140 Å². The van der Waals surface area contributed by atoms with Gasteiger partial charge in [-0.05, 0) is 12.8 Å². The van der Waals surface area contributed by atoms with E-state index in [0.717, 1.165) is 25.7 Å². The number of nitrogens with one attached hydrogen (secondary N) is 1. The fourth-order valence-corrected chi connectivity index (χ4v) is 4.87. The van der Waals surface area contributed by atoms with Crippen molar-refractivity contribution in [3.63, 3.8) is 0 Å². The first kappa shape index (κ1) is 35.7. The summed E-state index contributed by atoms with van der Waals surface area (Å²) >= 11 is 0. The molecule has 1 rings (SSSR count). The molecule has 0 amide bonds. The topological polar surface area (TPSA) is 147 Å². The van der Waals surface area contributed by atoms with E-state index < -0.39 is 18.4 Å². The third-order valence-corrected chi connectivity index (χ3v) is 7.20. The van der Waals surface area contributed by atoms with E-state index in [-0.39, 0.29) is 31.5 Å². The number of hydrogen-bond donors (Lipinski definition) is 5. The molecular weight excluding hydrogens is 484 g/mol. The Morgan fingerprint density at radius 2 is 1.29 bits per heavy atom. The first-order valence-electron chi connectivity index (χ1n) is 15.6. The van der Waals surface area contributed by atoms with Gasteiger partial charge in [0.25, 0.3) is 0 Å². The van der Waals surface area contributed by atoms with Crippen molar-refractivity contribution in [2.24, 2.45) is 17.2 Å². The number of hydrogen-bond acceptors (Lipinski definition) is 9. The second-order valence-corrected chi connectivity index (χ2v) is 10.7. The highest BCUT2D eigenvalue weighted by atomic mass is 16.7. The van der Waals surface area contributed by atoms with E-state index in [4.69, 9.17) is 36.1 Å². The van der Waals surface area contributed by atoms with E-state index in [1.807, 2.05) is 0 Å². The van der Waals surface area contributed by atoms with Crippen molar-refractivity contribution in [3.8, 4) is 0 Å². The Morgan fingerprint density at radius 3 is 1.82 bits per heavy atom. The molecule has 1 heterocycles. The molecule has 0 aromatic heterocycles. The van der Waals surface area contributed by atoms with Gasteiger partial charge in [-0.3, -0.25) is 0 Å². The normalized spacial score (nSPS) is 24.6. The molecule has 1 aliphatic rings. The van der Waals surface area contributed by atoms with E-state index in [1.165, 1.54) is 64.2 Å². The van der Waals surface area contributed by atoms with Crippen LogP contribution in [-0.2, 0) is 18.9 Å². The van der Waals surface area contributed by atoms with Crippen molar-refractivity contribution in [1.29, 1.82) is 0 Å². The second kappa shape index (κ2) is 24.4. The van der Waals surface area contributed by atoms with Crippen LogP contribution in [0.5, 0.6) is 0 Å².